The van der Waals surface area contributed by atoms with E-state index in [2.05, 4.69) is 0 Å². The van der Waals surface area contributed by atoms with Gasteiger partial charge in [0.1, 0.15) is 0 Å². The second-order valence-electron chi connectivity index (χ2n) is 8.89. The van der Waals surface area contributed by atoms with E-state index in [0.29, 0.717) is 24.5 Å². The molecule has 1 atom stereocenters. The standard InChI is InChI=1S/C23H23F6NO5S2/c1-14(37(34,35)18-5-3-4-16(12-18)22(24,25)26)15-8-10-30(11-9-15)21(31)19-7-6-17(23(27,28)29)13-20(19)36(2,32)33/h3-7,12-15H,8-11H2,1-2H3. The number of halogens is 6. The van der Waals surface area contributed by atoms with Gasteiger partial charge in [-0.15, -0.1) is 0 Å². The van der Waals surface area contributed by atoms with Crippen molar-refractivity contribution in [2.75, 3.05) is 19.3 Å². The van der Waals surface area contributed by atoms with Crippen LogP contribution in [0.5, 0.6) is 0 Å². The molecule has 3 rings (SSSR count). The minimum absolute atomic E-state index is 0.0177. The molecule has 1 heterocycles. The van der Waals surface area contributed by atoms with E-state index in [1.165, 1.54) is 11.8 Å². The molecule has 14 heteroatoms. The third kappa shape index (κ3) is 6.28. The lowest BCUT2D eigenvalue weighted by molar-refractivity contribution is -0.138. The van der Waals surface area contributed by atoms with Crippen molar-refractivity contribution in [2.45, 2.75) is 47.2 Å². The van der Waals surface area contributed by atoms with Gasteiger partial charge in [0, 0.05) is 19.3 Å². The van der Waals surface area contributed by atoms with Gasteiger partial charge in [0.2, 0.25) is 0 Å². The van der Waals surface area contributed by atoms with Crippen LogP contribution in [0.4, 0.5) is 26.3 Å². The highest BCUT2D eigenvalue weighted by Gasteiger charge is 2.38. The summed E-state index contributed by atoms with van der Waals surface area (Å²) in [4.78, 5) is 13.0. The number of benzene rings is 2. The molecule has 1 saturated heterocycles. The highest BCUT2D eigenvalue weighted by atomic mass is 32.2. The van der Waals surface area contributed by atoms with Crippen molar-refractivity contribution in [1.29, 1.82) is 0 Å². The van der Waals surface area contributed by atoms with E-state index in [1.807, 2.05) is 0 Å². The topological polar surface area (TPSA) is 88.6 Å². The van der Waals surface area contributed by atoms with Gasteiger partial charge in [-0.2, -0.15) is 26.3 Å². The molecule has 0 saturated carbocycles. The Morgan fingerprint density at radius 1 is 0.892 bits per heavy atom. The van der Waals surface area contributed by atoms with Gasteiger partial charge in [-0.3, -0.25) is 4.79 Å². The van der Waals surface area contributed by atoms with Crippen LogP contribution in [0.15, 0.2) is 52.3 Å². The van der Waals surface area contributed by atoms with Crippen LogP contribution in [-0.2, 0) is 32.0 Å². The molecule has 2 aromatic carbocycles. The van der Waals surface area contributed by atoms with Crippen molar-refractivity contribution in [2.24, 2.45) is 5.92 Å². The molecule has 1 fully saturated rings. The van der Waals surface area contributed by atoms with E-state index in [1.54, 1.807) is 0 Å². The van der Waals surface area contributed by atoms with Crippen LogP contribution < -0.4 is 0 Å². The number of nitrogens with zero attached hydrogens (tertiary/aromatic N) is 1. The van der Waals surface area contributed by atoms with Gasteiger partial charge in [-0.1, -0.05) is 6.07 Å². The van der Waals surface area contributed by atoms with Crippen molar-refractivity contribution in [3.63, 3.8) is 0 Å². The van der Waals surface area contributed by atoms with E-state index in [-0.39, 0.29) is 25.9 Å². The molecule has 1 aliphatic heterocycles. The molecule has 0 spiro atoms. The van der Waals surface area contributed by atoms with Crippen molar-refractivity contribution >= 4 is 25.6 Å². The monoisotopic (exact) mass is 571 g/mol. The first kappa shape index (κ1) is 29.0. The highest BCUT2D eigenvalue weighted by Crippen LogP contribution is 2.35. The maximum absolute atomic E-state index is 13.1. The molecule has 0 aromatic heterocycles. The number of rotatable bonds is 5. The largest absolute Gasteiger partial charge is 0.416 e. The van der Waals surface area contributed by atoms with E-state index < -0.39 is 75.6 Å². The minimum Gasteiger partial charge on any atom is -0.339 e. The Kier molecular flexibility index (Phi) is 7.77. The average Bonchev–Trinajstić information content (AvgIpc) is 2.81. The number of piperidine rings is 1. The van der Waals surface area contributed by atoms with Gasteiger partial charge in [0.05, 0.1) is 31.7 Å². The summed E-state index contributed by atoms with van der Waals surface area (Å²) >= 11 is 0. The number of carbonyl (C=O) groups excluding carboxylic acids is 1. The average molecular weight is 572 g/mol. The fourth-order valence-electron chi connectivity index (χ4n) is 4.24. The van der Waals surface area contributed by atoms with E-state index in [4.69, 9.17) is 0 Å². The molecule has 1 unspecified atom stereocenters. The number of likely N-dealkylation sites (tertiary alicyclic amines) is 1. The number of hydrogen-bond acceptors (Lipinski definition) is 5. The highest BCUT2D eigenvalue weighted by molar-refractivity contribution is 7.92. The maximum Gasteiger partial charge on any atom is 0.416 e. The summed E-state index contributed by atoms with van der Waals surface area (Å²) < 4.78 is 129. The Morgan fingerprint density at radius 2 is 1.43 bits per heavy atom. The molecule has 0 N–H and O–H groups in total. The predicted octanol–water partition coefficient (Wildman–Crippen LogP) is 4.84. The lowest BCUT2D eigenvalue weighted by Gasteiger charge is -2.35. The number of sulfone groups is 2. The van der Waals surface area contributed by atoms with Gasteiger partial charge in [-0.05, 0) is 62.1 Å². The molecule has 2 aromatic rings. The van der Waals surface area contributed by atoms with Crippen molar-refractivity contribution < 1.29 is 48.0 Å². The maximum atomic E-state index is 13.1. The predicted molar refractivity (Wildman–Crippen MR) is 121 cm³/mol. The van der Waals surface area contributed by atoms with Crippen molar-refractivity contribution in [1.82, 2.24) is 4.90 Å². The molecule has 6 nitrogen and oxygen atoms in total. The summed E-state index contributed by atoms with van der Waals surface area (Å²) in [6.07, 6.45) is -8.57. The Morgan fingerprint density at radius 3 is 1.95 bits per heavy atom. The van der Waals surface area contributed by atoms with Crippen LogP contribution in [0, 0.1) is 5.92 Å². The number of amides is 1. The van der Waals surface area contributed by atoms with Crippen LogP contribution >= 0.6 is 0 Å². The quantitative estimate of drug-likeness (QED) is 0.480. The number of alkyl halides is 6. The fourth-order valence-corrected chi connectivity index (χ4v) is 6.91. The summed E-state index contributed by atoms with van der Waals surface area (Å²) in [7, 11) is -8.34. The molecule has 1 amide bonds. The lowest BCUT2D eigenvalue weighted by Crippen LogP contribution is -2.42. The summed E-state index contributed by atoms with van der Waals surface area (Å²) in [6.45, 7) is 1.34. The van der Waals surface area contributed by atoms with Gasteiger partial charge >= 0.3 is 12.4 Å². The Balaban J connectivity index is 1.79. The number of hydrogen-bond donors (Lipinski definition) is 0. The summed E-state index contributed by atoms with van der Waals surface area (Å²) in [5, 5.41) is -1.08. The molecule has 204 valence electrons. The molecule has 0 bridgehead atoms. The number of carbonyl (C=O) groups is 1. The molecular weight excluding hydrogens is 548 g/mol. The minimum atomic E-state index is -4.82. The zero-order chi connectivity index (χ0) is 28.0. The summed E-state index contributed by atoms with van der Waals surface area (Å²) in [5.74, 6) is -1.34. The Labute approximate surface area is 210 Å². The zero-order valence-electron chi connectivity index (χ0n) is 19.6. The lowest BCUT2D eigenvalue weighted by atomic mass is 9.93. The van der Waals surface area contributed by atoms with Gasteiger partial charge < -0.3 is 4.90 Å². The van der Waals surface area contributed by atoms with Crippen molar-refractivity contribution in [3.8, 4) is 0 Å². The third-order valence-electron chi connectivity index (χ3n) is 6.41. The van der Waals surface area contributed by atoms with E-state index >= 15 is 0 Å². The summed E-state index contributed by atoms with van der Waals surface area (Å²) in [5.41, 5.74) is -2.75. The van der Waals surface area contributed by atoms with Crippen molar-refractivity contribution in [3.05, 3.63) is 59.2 Å². The SMILES string of the molecule is CC(C1CCN(C(=O)c2ccc(C(F)(F)F)cc2S(C)(=O)=O)CC1)S(=O)(=O)c1cccc(C(F)(F)F)c1. The van der Waals surface area contributed by atoms with Gasteiger partial charge in [0.15, 0.2) is 19.7 Å². The first-order valence-electron chi connectivity index (χ1n) is 10.9. The first-order chi connectivity index (χ1) is 16.8. The van der Waals surface area contributed by atoms with Crippen LogP contribution in [0.2, 0.25) is 0 Å². The second kappa shape index (κ2) is 9.93. The molecule has 0 radical (unpaired) electrons. The second-order valence-corrected chi connectivity index (χ2v) is 13.2. The Bertz CT molecular complexity index is 1390. The molecular formula is C23H23F6NO5S2. The smallest absolute Gasteiger partial charge is 0.339 e. The van der Waals surface area contributed by atoms with E-state index in [0.717, 1.165) is 24.3 Å². The molecule has 37 heavy (non-hydrogen) atoms. The van der Waals surface area contributed by atoms with E-state index in [9.17, 15) is 48.0 Å². The zero-order valence-corrected chi connectivity index (χ0v) is 21.2. The van der Waals surface area contributed by atoms with Crippen LogP contribution in [-0.4, -0.2) is 52.2 Å². The summed E-state index contributed by atoms with van der Waals surface area (Å²) in [6, 6.07) is 5.23. The third-order valence-corrected chi connectivity index (χ3v) is 9.82. The van der Waals surface area contributed by atoms with Crippen LogP contribution in [0.3, 0.4) is 0 Å². The first-order valence-corrected chi connectivity index (χ1v) is 14.4. The van der Waals surface area contributed by atoms with Gasteiger partial charge in [-0.25, -0.2) is 16.8 Å². The molecule has 1 aliphatic rings. The van der Waals surface area contributed by atoms with Crippen LogP contribution in [0.1, 0.15) is 41.3 Å². The molecule has 0 aliphatic carbocycles. The normalized spacial score (nSPS) is 17.0. The Hall–Kier alpha value is -2.61. The van der Waals surface area contributed by atoms with Gasteiger partial charge in [0.25, 0.3) is 5.91 Å². The van der Waals surface area contributed by atoms with Crippen LogP contribution in [0.25, 0.3) is 0 Å². The fraction of sp³-hybridized carbons (Fsp3) is 0.435.